The van der Waals surface area contributed by atoms with Crippen LogP contribution in [0.4, 0.5) is 5.13 Å². The molecule has 1 saturated heterocycles. The third-order valence-corrected chi connectivity index (χ3v) is 3.70. The molecule has 0 spiro atoms. The van der Waals surface area contributed by atoms with Crippen LogP contribution in [0.15, 0.2) is 0 Å². The fraction of sp³-hybridized carbons (Fsp3) is 0.800. The van der Waals surface area contributed by atoms with Crippen LogP contribution in [0.5, 0.6) is 0 Å². The van der Waals surface area contributed by atoms with Crippen LogP contribution in [0.3, 0.4) is 0 Å². The Bertz CT molecular complexity index is 306. The van der Waals surface area contributed by atoms with E-state index in [0.29, 0.717) is 0 Å². The van der Waals surface area contributed by atoms with Crippen molar-refractivity contribution in [3.8, 4) is 0 Å². The van der Waals surface area contributed by atoms with Crippen LogP contribution in [0.2, 0.25) is 0 Å². The van der Waals surface area contributed by atoms with Crippen molar-refractivity contribution in [2.24, 2.45) is 5.92 Å². The predicted molar refractivity (Wildman–Crippen MR) is 63.5 cm³/mol. The fourth-order valence-corrected chi connectivity index (χ4v) is 2.63. The minimum absolute atomic E-state index is 0.757. The minimum atomic E-state index is 0.757. The van der Waals surface area contributed by atoms with E-state index in [1.54, 1.807) is 0 Å². The monoisotopic (exact) mass is 226 g/mol. The van der Waals surface area contributed by atoms with E-state index in [1.807, 2.05) is 6.92 Å². The Balaban J connectivity index is 1.88. The first-order valence-electron chi connectivity index (χ1n) is 5.48. The van der Waals surface area contributed by atoms with E-state index >= 15 is 0 Å². The molecule has 1 unspecified atom stereocenters. The standard InChI is InChI=1S/C10H18N4S/c1-8-12-10(15-13-8)14(2)7-9-4-3-5-11-6-9/h9,11H,3-7H2,1-2H3. The van der Waals surface area contributed by atoms with Crippen LogP contribution in [-0.2, 0) is 0 Å². The van der Waals surface area contributed by atoms with E-state index in [-0.39, 0.29) is 0 Å². The van der Waals surface area contributed by atoms with Crippen LogP contribution in [0.25, 0.3) is 0 Å². The van der Waals surface area contributed by atoms with Crippen molar-refractivity contribution in [1.82, 2.24) is 14.7 Å². The molecule has 4 nitrogen and oxygen atoms in total. The molecular weight excluding hydrogens is 208 g/mol. The van der Waals surface area contributed by atoms with Crippen molar-refractivity contribution >= 4 is 16.7 Å². The number of hydrogen-bond donors (Lipinski definition) is 1. The highest BCUT2D eigenvalue weighted by atomic mass is 32.1. The lowest BCUT2D eigenvalue weighted by molar-refractivity contribution is 0.381. The predicted octanol–water partition coefficient (Wildman–Crippen LogP) is 1.28. The Morgan fingerprint density at radius 2 is 2.47 bits per heavy atom. The Morgan fingerprint density at radius 3 is 3.07 bits per heavy atom. The minimum Gasteiger partial charge on any atom is -0.350 e. The molecule has 0 aliphatic carbocycles. The van der Waals surface area contributed by atoms with Crippen LogP contribution >= 0.6 is 11.5 Å². The smallest absolute Gasteiger partial charge is 0.204 e. The van der Waals surface area contributed by atoms with E-state index in [9.17, 15) is 0 Å². The second-order valence-electron chi connectivity index (χ2n) is 4.22. The lowest BCUT2D eigenvalue weighted by Gasteiger charge is -2.27. The number of hydrogen-bond acceptors (Lipinski definition) is 5. The van der Waals surface area contributed by atoms with E-state index in [2.05, 4.69) is 26.6 Å². The summed E-state index contributed by atoms with van der Waals surface area (Å²) in [5.41, 5.74) is 0. The summed E-state index contributed by atoms with van der Waals surface area (Å²) in [5.74, 6) is 1.64. The van der Waals surface area contributed by atoms with Gasteiger partial charge in [-0.15, -0.1) is 0 Å². The maximum absolute atomic E-state index is 4.39. The van der Waals surface area contributed by atoms with Crippen molar-refractivity contribution in [2.45, 2.75) is 19.8 Å². The SMILES string of the molecule is Cc1nsc(N(C)CC2CCCNC2)n1. The summed E-state index contributed by atoms with van der Waals surface area (Å²) in [6.07, 6.45) is 2.63. The Labute approximate surface area is 94.9 Å². The molecule has 2 heterocycles. The van der Waals surface area contributed by atoms with Gasteiger partial charge in [-0.25, -0.2) is 4.98 Å². The zero-order valence-electron chi connectivity index (χ0n) is 9.36. The fourth-order valence-electron chi connectivity index (χ4n) is 1.99. The molecule has 1 aliphatic heterocycles. The molecule has 5 heteroatoms. The number of nitrogens with one attached hydrogen (secondary N) is 1. The van der Waals surface area contributed by atoms with Crippen LogP contribution < -0.4 is 10.2 Å². The van der Waals surface area contributed by atoms with Gasteiger partial charge in [0.15, 0.2) is 0 Å². The molecule has 1 fully saturated rings. The zero-order valence-corrected chi connectivity index (χ0v) is 10.2. The molecule has 0 bridgehead atoms. The number of piperidine rings is 1. The largest absolute Gasteiger partial charge is 0.350 e. The van der Waals surface area contributed by atoms with Gasteiger partial charge in [0.2, 0.25) is 5.13 Å². The second kappa shape index (κ2) is 4.90. The highest BCUT2D eigenvalue weighted by Crippen LogP contribution is 2.18. The quantitative estimate of drug-likeness (QED) is 0.843. The Morgan fingerprint density at radius 1 is 1.60 bits per heavy atom. The first-order chi connectivity index (χ1) is 7.25. The van der Waals surface area contributed by atoms with E-state index in [4.69, 9.17) is 0 Å². The topological polar surface area (TPSA) is 41.1 Å². The number of anilines is 1. The molecule has 0 radical (unpaired) electrons. The Hall–Kier alpha value is -0.680. The third-order valence-electron chi connectivity index (χ3n) is 2.77. The van der Waals surface area contributed by atoms with Crippen LogP contribution in [0.1, 0.15) is 18.7 Å². The van der Waals surface area contributed by atoms with E-state index < -0.39 is 0 Å². The summed E-state index contributed by atoms with van der Waals surface area (Å²) in [5, 5.41) is 4.48. The van der Waals surface area contributed by atoms with Crippen molar-refractivity contribution < 1.29 is 0 Å². The molecule has 1 aromatic heterocycles. The van der Waals surface area contributed by atoms with Crippen molar-refractivity contribution in [3.63, 3.8) is 0 Å². The van der Waals surface area contributed by atoms with Gasteiger partial charge in [-0.1, -0.05) is 0 Å². The summed E-state index contributed by atoms with van der Waals surface area (Å²) in [4.78, 5) is 6.61. The molecule has 0 aromatic carbocycles. The van der Waals surface area contributed by atoms with Gasteiger partial charge in [-0.05, 0) is 38.8 Å². The molecule has 1 aromatic rings. The summed E-state index contributed by atoms with van der Waals surface area (Å²) in [6.45, 7) is 5.35. The number of rotatable bonds is 3. The summed E-state index contributed by atoms with van der Waals surface area (Å²) in [7, 11) is 2.11. The van der Waals surface area contributed by atoms with Gasteiger partial charge in [-0.3, -0.25) is 0 Å². The van der Waals surface area contributed by atoms with Gasteiger partial charge in [0.25, 0.3) is 0 Å². The third kappa shape index (κ3) is 2.89. The summed E-state index contributed by atoms with van der Waals surface area (Å²) < 4.78 is 4.20. The molecule has 0 saturated carbocycles. The molecule has 15 heavy (non-hydrogen) atoms. The first kappa shape index (κ1) is 10.8. The molecule has 2 rings (SSSR count). The van der Waals surface area contributed by atoms with Gasteiger partial charge in [0.05, 0.1) is 0 Å². The zero-order chi connectivity index (χ0) is 10.7. The maximum atomic E-state index is 4.39. The van der Waals surface area contributed by atoms with Crippen molar-refractivity contribution in [2.75, 3.05) is 31.6 Å². The Kier molecular flexibility index (Phi) is 3.53. The lowest BCUT2D eigenvalue weighted by Crippen LogP contribution is -2.36. The molecule has 84 valence electrons. The maximum Gasteiger partial charge on any atom is 0.204 e. The summed E-state index contributed by atoms with van der Waals surface area (Å²) >= 11 is 1.49. The molecule has 1 aliphatic rings. The van der Waals surface area contributed by atoms with E-state index in [0.717, 1.165) is 30.0 Å². The van der Waals surface area contributed by atoms with Gasteiger partial charge < -0.3 is 10.2 Å². The van der Waals surface area contributed by atoms with Crippen molar-refractivity contribution in [3.05, 3.63) is 5.82 Å². The summed E-state index contributed by atoms with van der Waals surface area (Å²) in [6, 6.07) is 0. The number of aryl methyl sites for hydroxylation is 1. The molecular formula is C10H18N4S. The molecule has 1 N–H and O–H groups in total. The normalized spacial score (nSPS) is 21.6. The van der Waals surface area contributed by atoms with Gasteiger partial charge in [0.1, 0.15) is 5.82 Å². The van der Waals surface area contributed by atoms with Crippen LogP contribution in [-0.4, -0.2) is 36.0 Å². The van der Waals surface area contributed by atoms with Crippen molar-refractivity contribution in [1.29, 1.82) is 0 Å². The van der Waals surface area contributed by atoms with Crippen LogP contribution in [0, 0.1) is 12.8 Å². The first-order valence-corrected chi connectivity index (χ1v) is 6.25. The van der Waals surface area contributed by atoms with Gasteiger partial charge in [0, 0.05) is 25.1 Å². The van der Waals surface area contributed by atoms with E-state index in [1.165, 1.54) is 30.9 Å². The van der Waals surface area contributed by atoms with Gasteiger partial charge in [-0.2, -0.15) is 4.37 Å². The second-order valence-corrected chi connectivity index (χ2v) is 4.95. The average molecular weight is 226 g/mol. The average Bonchev–Trinajstić information content (AvgIpc) is 2.66. The highest BCUT2D eigenvalue weighted by Gasteiger charge is 2.16. The van der Waals surface area contributed by atoms with Gasteiger partial charge >= 0.3 is 0 Å². The number of aromatic nitrogens is 2. The molecule has 0 amide bonds. The highest BCUT2D eigenvalue weighted by molar-refractivity contribution is 7.09. The lowest BCUT2D eigenvalue weighted by atomic mass is 9.99. The number of nitrogens with zero attached hydrogens (tertiary/aromatic N) is 3. The molecule has 1 atom stereocenters.